The molecule has 1 aromatic heterocycles. The summed E-state index contributed by atoms with van der Waals surface area (Å²) in [5, 5.41) is 11.3. The van der Waals surface area contributed by atoms with Crippen molar-refractivity contribution in [2.24, 2.45) is 5.73 Å². The van der Waals surface area contributed by atoms with Gasteiger partial charge in [0, 0.05) is 22.0 Å². The van der Waals surface area contributed by atoms with Crippen molar-refractivity contribution in [2.45, 2.75) is 6.92 Å². The molecule has 0 saturated heterocycles. The first-order chi connectivity index (χ1) is 8.67. The number of allylic oxidation sites excluding steroid dienone is 1. The Morgan fingerprint density at radius 2 is 2.17 bits per heavy atom. The Labute approximate surface area is 111 Å². The number of aryl methyl sites for hydroxylation is 1. The second-order valence-electron chi connectivity index (χ2n) is 3.89. The Morgan fingerprint density at radius 1 is 1.39 bits per heavy atom. The van der Waals surface area contributed by atoms with Crippen molar-refractivity contribution in [3.05, 3.63) is 47.2 Å². The van der Waals surface area contributed by atoms with Crippen molar-refractivity contribution in [1.82, 2.24) is 4.98 Å². The lowest BCUT2D eigenvalue weighted by Crippen LogP contribution is -1.99. The molecule has 1 aromatic carbocycles. The third kappa shape index (κ3) is 2.08. The van der Waals surface area contributed by atoms with Crippen LogP contribution in [0.4, 0.5) is 0 Å². The number of benzene rings is 1. The number of hydrogen-bond donors (Lipinski definition) is 1. The number of aromatic nitrogens is 1. The average Bonchev–Trinajstić information content (AvgIpc) is 2.39. The van der Waals surface area contributed by atoms with Gasteiger partial charge in [-0.15, -0.1) is 0 Å². The number of rotatable bonds is 2. The fourth-order valence-electron chi connectivity index (χ4n) is 1.83. The number of nitriles is 1. The molecule has 4 heteroatoms. The van der Waals surface area contributed by atoms with Crippen LogP contribution in [0.2, 0.25) is 0 Å². The number of thiocarbonyl (C=S) groups is 1. The summed E-state index contributed by atoms with van der Waals surface area (Å²) in [6, 6.07) is 9.48. The monoisotopic (exact) mass is 253 g/mol. The van der Waals surface area contributed by atoms with Crippen LogP contribution in [-0.2, 0) is 0 Å². The van der Waals surface area contributed by atoms with Gasteiger partial charge in [0.05, 0.1) is 5.52 Å². The van der Waals surface area contributed by atoms with E-state index in [9.17, 15) is 0 Å². The number of fused-ring (bicyclic) bond motifs is 1. The molecule has 0 aliphatic heterocycles. The van der Waals surface area contributed by atoms with E-state index in [4.69, 9.17) is 23.2 Å². The van der Waals surface area contributed by atoms with Crippen LogP contribution in [0, 0.1) is 18.3 Å². The maximum atomic E-state index is 8.88. The Balaban J connectivity index is 2.79. The molecule has 0 saturated carbocycles. The lowest BCUT2D eigenvalue weighted by atomic mass is 10.0. The largest absolute Gasteiger partial charge is 0.398 e. The highest BCUT2D eigenvalue weighted by molar-refractivity contribution is 7.79. The average molecular weight is 253 g/mol. The van der Waals surface area contributed by atoms with Crippen LogP contribution in [0.15, 0.2) is 30.3 Å². The fourth-order valence-corrected chi connectivity index (χ4v) is 1.98. The van der Waals surface area contributed by atoms with E-state index in [2.05, 4.69) is 4.98 Å². The van der Waals surface area contributed by atoms with Gasteiger partial charge in [0.25, 0.3) is 0 Å². The summed E-state index contributed by atoms with van der Waals surface area (Å²) in [5.74, 6) is 0. The number of nitrogens with two attached hydrogens (primary N) is 1. The van der Waals surface area contributed by atoms with E-state index in [-0.39, 0.29) is 0 Å². The van der Waals surface area contributed by atoms with Crippen molar-refractivity contribution in [2.75, 3.05) is 0 Å². The molecule has 0 fully saturated rings. The predicted octanol–water partition coefficient (Wildman–Crippen LogP) is 2.71. The number of pyridine rings is 1. The smallest absolute Gasteiger partial charge is 0.141 e. The van der Waals surface area contributed by atoms with Crippen LogP contribution >= 0.6 is 12.2 Å². The van der Waals surface area contributed by atoms with Gasteiger partial charge >= 0.3 is 0 Å². The minimum absolute atomic E-state index is 0.403. The zero-order valence-electron chi connectivity index (χ0n) is 9.84. The second-order valence-corrected chi connectivity index (χ2v) is 4.16. The summed E-state index contributed by atoms with van der Waals surface area (Å²) < 4.78 is 0. The van der Waals surface area contributed by atoms with E-state index in [0.717, 1.165) is 22.0 Å². The van der Waals surface area contributed by atoms with Crippen LogP contribution in [0.3, 0.4) is 0 Å². The van der Waals surface area contributed by atoms with E-state index >= 15 is 0 Å². The molecule has 0 unspecified atom stereocenters. The molecule has 88 valence electrons. The van der Waals surface area contributed by atoms with E-state index < -0.39 is 0 Å². The molecule has 1 heterocycles. The molecule has 2 N–H and O–H groups in total. The van der Waals surface area contributed by atoms with Gasteiger partial charge in [0.2, 0.25) is 0 Å². The van der Waals surface area contributed by atoms with Crippen molar-refractivity contribution in [1.29, 1.82) is 5.26 Å². The molecule has 2 aromatic rings. The van der Waals surface area contributed by atoms with Crippen molar-refractivity contribution < 1.29 is 0 Å². The van der Waals surface area contributed by atoms with Crippen molar-refractivity contribution in [3.63, 3.8) is 0 Å². The maximum Gasteiger partial charge on any atom is 0.141 e. The standard InChI is InChI=1S/C14H11N3S/c1-9-2-4-11(13(16)6-7-18)12-5-3-10(8-15)17-14(9)12/h2-7H,16H2,1H3/b13-6-. The summed E-state index contributed by atoms with van der Waals surface area (Å²) in [6.07, 6.45) is 1.68. The lowest BCUT2D eigenvalue weighted by Gasteiger charge is -2.08. The van der Waals surface area contributed by atoms with Gasteiger partial charge < -0.3 is 5.73 Å². The van der Waals surface area contributed by atoms with Crippen molar-refractivity contribution >= 4 is 34.2 Å². The van der Waals surface area contributed by atoms with E-state index in [1.54, 1.807) is 12.1 Å². The minimum atomic E-state index is 0.403. The zero-order valence-corrected chi connectivity index (χ0v) is 10.7. The molecule has 0 atom stereocenters. The van der Waals surface area contributed by atoms with Crippen LogP contribution in [-0.4, -0.2) is 10.4 Å². The molecule has 0 aliphatic rings. The van der Waals surface area contributed by atoms with Gasteiger partial charge in [-0.3, -0.25) is 0 Å². The topological polar surface area (TPSA) is 62.7 Å². The van der Waals surface area contributed by atoms with Gasteiger partial charge in [-0.05, 0) is 30.7 Å². The van der Waals surface area contributed by atoms with Crippen LogP contribution in [0.1, 0.15) is 16.8 Å². The molecule has 0 amide bonds. The molecule has 0 spiro atoms. The molecule has 0 aliphatic carbocycles. The maximum absolute atomic E-state index is 8.88. The summed E-state index contributed by atoms with van der Waals surface area (Å²) >= 11 is 4.78. The highest BCUT2D eigenvalue weighted by Crippen LogP contribution is 2.24. The first kappa shape index (κ1) is 12.2. The Bertz CT molecular complexity index is 696. The van der Waals surface area contributed by atoms with Crippen LogP contribution < -0.4 is 5.73 Å². The van der Waals surface area contributed by atoms with E-state index in [0.29, 0.717) is 11.4 Å². The first-order valence-corrected chi connectivity index (χ1v) is 5.86. The Morgan fingerprint density at radius 3 is 2.83 bits per heavy atom. The molecule has 3 nitrogen and oxygen atoms in total. The van der Waals surface area contributed by atoms with E-state index in [1.165, 1.54) is 5.37 Å². The van der Waals surface area contributed by atoms with Crippen LogP contribution in [0.25, 0.3) is 16.6 Å². The van der Waals surface area contributed by atoms with Gasteiger partial charge in [-0.2, -0.15) is 5.26 Å². The predicted molar refractivity (Wildman–Crippen MR) is 77.0 cm³/mol. The summed E-state index contributed by atoms with van der Waals surface area (Å²) in [4.78, 5) is 4.32. The quantitative estimate of drug-likeness (QED) is 0.660. The van der Waals surface area contributed by atoms with Gasteiger partial charge in [0.1, 0.15) is 11.8 Å². The molecule has 0 bridgehead atoms. The summed E-state index contributed by atoms with van der Waals surface area (Å²) in [7, 11) is 0. The summed E-state index contributed by atoms with van der Waals surface area (Å²) in [5.41, 5.74) is 9.66. The third-order valence-corrected chi connectivity index (χ3v) is 2.87. The SMILES string of the molecule is Cc1ccc(/C(N)=C/C=S)c2ccc(C#N)nc12. The highest BCUT2D eigenvalue weighted by Gasteiger charge is 2.07. The first-order valence-electron chi connectivity index (χ1n) is 5.39. The normalized spacial score (nSPS) is 11.2. The van der Waals surface area contributed by atoms with Gasteiger partial charge in [-0.25, -0.2) is 4.98 Å². The Kier molecular flexibility index (Phi) is 3.35. The number of hydrogen-bond acceptors (Lipinski definition) is 4. The minimum Gasteiger partial charge on any atom is -0.398 e. The van der Waals surface area contributed by atoms with Crippen LogP contribution in [0.5, 0.6) is 0 Å². The third-order valence-electron chi connectivity index (χ3n) is 2.73. The molecule has 18 heavy (non-hydrogen) atoms. The molecule has 0 radical (unpaired) electrons. The van der Waals surface area contributed by atoms with E-state index in [1.807, 2.05) is 31.2 Å². The zero-order chi connectivity index (χ0) is 13.1. The fraction of sp³-hybridized carbons (Fsp3) is 0.0714. The van der Waals surface area contributed by atoms with Gasteiger partial charge in [0.15, 0.2) is 0 Å². The Hall–Kier alpha value is -2.25. The number of nitrogens with zero attached hydrogens (tertiary/aromatic N) is 2. The van der Waals surface area contributed by atoms with Gasteiger partial charge in [-0.1, -0.05) is 24.4 Å². The molecular weight excluding hydrogens is 242 g/mol. The summed E-state index contributed by atoms with van der Waals surface area (Å²) in [6.45, 7) is 1.96. The highest BCUT2D eigenvalue weighted by atomic mass is 32.1. The lowest BCUT2D eigenvalue weighted by molar-refractivity contribution is 1.30. The molecule has 2 rings (SSSR count). The second kappa shape index (κ2) is 4.94. The molecular formula is C14H11N3S. The van der Waals surface area contributed by atoms with Crippen molar-refractivity contribution in [3.8, 4) is 6.07 Å².